The van der Waals surface area contributed by atoms with Crippen molar-refractivity contribution in [2.75, 3.05) is 26.3 Å². The van der Waals surface area contributed by atoms with Crippen molar-refractivity contribution in [2.45, 2.75) is 6.04 Å². The van der Waals surface area contributed by atoms with E-state index in [1.807, 2.05) is 35.2 Å². The molecule has 1 saturated heterocycles. The van der Waals surface area contributed by atoms with Gasteiger partial charge in [0, 0.05) is 13.1 Å². The summed E-state index contributed by atoms with van der Waals surface area (Å²) in [5, 5.41) is 31.2. The van der Waals surface area contributed by atoms with Crippen LogP contribution in [0.4, 0.5) is 0 Å². The average molecular weight is 357 g/mol. The summed E-state index contributed by atoms with van der Waals surface area (Å²) in [6.45, 7) is 2.02. The van der Waals surface area contributed by atoms with Crippen LogP contribution in [0.5, 0.6) is 17.2 Å². The monoisotopic (exact) mass is 357 g/mol. The fourth-order valence-electron chi connectivity index (χ4n) is 3.29. The van der Waals surface area contributed by atoms with Crippen LogP contribution in [-0.2, 0) is 4.74 Å². The molecule has 7 heteroatoms. The molecule has 3 N–H and O–H groups in total. The number of rotatable bonds is 5. The molecule has 2 aromatic carbocycles. The van der Waals surface area contributed by atoms with Crippen molar-refractivity contribution in [2.24, 2.45) is 0 Å². The second-order valence-corrected chi connectivity index (χ2v) is 5.98. The number of hydrogen-bond acceptors (Lipinski definition) is 7. The van der Waals surface area contributed by atoms with Crippen LogP contribution in [-0.4, -0.2) is 59.1 Å². The molecule has 1 atom stereocenters. The number of aldehydes is 2. The van der Waals surface area contributed by atoms with Crippen LogP contribution in [0.15, 0.2) is 30.3 Å². The zero-order chi connectivity index (χ0) is 18.7. The van der Waals surface area contributed by atoms with Crippen LogP contribution < -0.4 is 0 Å². The van der Waals surface area contributed by atoms with E-state index < -0.39 is 34.4 Å². The third-order valence-corrected chi connectivity index (χ3v) is 4.57. The SMILES string of the molecule is O=Cc1c(O)c(C=O)c(O)c(C(c2ccccc2)N2CCOCC2)c1O. The van der Waals surface area contributed by atoms with Gasteiger partial charge >= 0.3 is 0 Å². The lowest BCUT2D eigenvalue weighted by Gasteiger charge is -2.36. The number of aromatic hydroxyl groups is 3. The Balaban J connectivity index is 2.27. The summed E-state index contributed by atoms with van der Waals surface area (Å²) in [6.07, 6.45) is 0.532. The predicted molar refractivity (Wildman–Crippen MR) is 92.9 cm³/mol. The zero-order valence-corrected chi connectivity index (χ0v) is 14.0. The molecular formula is C19H19NO6. The van der Waals surface area contributed by atoms with Crippen LogP contribution in [0.3, 0.4) is 0 Å². The van der Waals surface area contributed by atoms with Gasteiger partial charge in [-0.3, -0.25) is 14.5 Å². The molecule has 0 bridgehead atoms. The van der Waals surface area contributed by atoms with Gasteiger partial charge in [-0.1, -0.05) is 30.3 Å². The maximum absolute atomic E-state index is 11.4. The molecule has 1 aliphatic heterocycles. The highest BCUT2D eigenvalue weighted by Gasteiger charge is 2.33. The van der Waals surface area contributed by atoms with Crippen molar-refractivity contribution in [3.63, 3.8) is 0 Å². The van der Waals surface area contributed by atoms with Crippen LogP contribution in [0.25, 0.3) is 0 Å². The molecule has 1 unspecified atom stereocenters. The standard InChI is InChI=1S/C19H19NO6/c21-10-13-17(23)14(11-22)19(25)15(18(13)24)16(12-4-2-1-3-5-12)20-6-8-26-9-7-20/h1-5,10-11,16,23-25H,6-9H2. The van der Waals surface area contributed by atoms with Gasteiger partial charge in [0.1, 0.15) is 17.2 Å². The number of phenolic OH excluding ortho intramolecular Hbond substituents is 3. The fourth-order valence-corrected chi connectivity index (χ4v) is 3.29. The number of ether oxygens (including phenoxy) is 1. The van der Waals surface area contributed by atoms with E-state index in [9.17, 15) is 24.9 Å². The quantitative estimate of drug-likeness (QED) is 0.701. The molecule has 136 valence electrons. The summed E-state index contributed by atoms with van der Waals surface area (Å²) in [5.74, 6) is -1.82. The van der Waals surface area contributed by atoms with Gasteiger partial charge in [0.2, 0.25) is 0 Å². The number of hydrogen-bond donors (Lipinski definition) is 3. The maximum atomic E-state index is 11.4. The molecule has 26 heavy (non-hydrogen) atoms. The highest BCUT2D eigenvalue weighted by atomic mass is 16.5. The summed E-state index contributed by atoms with van der Waals surface area (Å²) in [6, 6.07) is 8.51. The van der Waals surface area contributed by atoms with Crippen molar-refractivity contribution < 1.29 is 29.6 Å². The molecule has 0 spiro atoms. The molecule has 1 heterocycles. The number of carbonyl (C=O) groups is 2. The topological polar surface area (TPSA) is 107 Å². The third kappa shape index (κ3) is 3.02. The van der Waals surface area contributed by atoms with Gasteiger partial charge in [-0.25, -0.2) is 0 Å². The van der Waals surface area contributed by atoms with Crippen molar-refractivity contribution in [1.29, 1.82) is 0 Å². The van der Waals surface area contributed by atoms with Crippen LogP contribution >= 0.6 is 0 Å². The van der Waals surface area contributed by atoms with Gasteiger partial charge in [-0.15, -0.1) is 0 Å². The molecule has 0 aliphatic carbocycles. The van der Waals surface area contributed by atoms with E-state index in [0.29, 0.717) is 26.3 Å². The number of nitrogens with zero attached hydrogens (tertiary/aromatic N) is 1. The van der Waals surface area contributed by atoms with E-state index in [-0.39, 0.29) is 18.1 Å². The number of benzene rings is 2. The second kappa shape index (κ2) is 7.55. The maximum Gasteiger partial charge on any atom is 0.157 e. The van der Waals surface area contributed by atoms with Gasteiger partial charge in [0.25, 0.3) is 0 Å². The molecule has 1 aliphatic rings. The molecule has 2 aromatic rings. The first-order valence-corrected chi connectivity index (χ1v) is 8.18. The van der Waals surface area contributed by atoms with Crippen LogP contribution in [0, 0.1) is 0 Å². The Morgan fingerprint density at radius 1 is 0.885 bits per heavy atom. The molecule has 1 fully saturated rings. The first-order valence-electron chi connectivity index (χ1n) is 8.18. The minimum absolute atomic E-state index is 0.0140. The van der Waals surface area contributed by atoms with E-state index in [2.05, 4.69) is 0 Å². The smallest absolute Gasteiger partial charge is 0.157 e. The molecule has 0 radical (unpaired) electrons. The summed E-state index contributed by atoms with van der Waals surface area (Å²) >= 11 is 0. The minimum atomic E-state index is -0.734. The largest absolute Gasteiger partial charge is 0.507 e. The van der Waals surface area contributed by atoms with E-state index in [1.165, 1.54) is 0 Å². The molecule has 7 nitrogen and oxygen atoms in total. The Hall–Kier alpha value is -2.90. The van der Waals surface area contributed by atoms with Gasteiger partial charge in [-0.2, -0.15) is 0 Å². The molecule has 0 aromatic heterocycles. The third-order valence-electron chi connectivity index (χ3n) is 4.57. The van der Waals surface area contributed by atoms with E-state index >= 15 is 0 Å². The first-order chi connectivity index (χ1) is 12.6. The average Bonchev–Trinajstić information content (AvgIpc) is 2.67. The van der Waals surface area contributed by atoms with Crippen molar-refractivity contribution in [1.82, 2.24) is 4.90 Å². The Bertz CT molecular complexity index is 780. The Morgan fingerprint density at radius 3 is 1.92 bits per heavy atom. The lowest BCUT2D eigenvalue weighted by atomic mass is 9.91. The van der Waals surface area contributed by atoms with E-state index in [4.69, 9.17) is 4.74 Å². The lowest BCUT2D eigenvalue weighted by Crippen LogP contribution is -2.39. The Labute approximate surface area is 150 Å². The van der Waals surface area contributed by atoms with Gasteiger partial charge in [0.05, 0.1) is 35.9 Å². The Kier molecular flexibility index (Phi) is 5.20. The molecule has 0 saturated carbocycles. The first kappa shape index (κ1) is 17.9. The molecular weight excluding hydrogens is 338 g/mol. The van der Waals surface area contributed by atoms with Crippen molar-refractivity contribution in [3.8, 4) is 17.2 Å². The number of morpholine rings is 1. The molecule has 3 rings (SSSR count). The summed E-state index contributed by atoms with van der Waals surface area (Å²) in [5.41, 5.74) is -0.0670. The van der Waals surface area contributed by atoms with Gasteiger partial charge < -0.3 is 20.1 Å². The van der Waals surface area contributed by atoms with E-state index in [1.54, 1.807) is 0 Å². The van der Waals surface area contributed by atoms with Crippen LogP contribution in [0.1, 0.15) is 37.9 Å². The summed E-state index contributed by atoms with van der Waals surface area (Å²) in [4.78, 5) is 24.7. The Morgan fingerprint density at radius 2 is 1.42 bits per heavy atom. The second-order valence-electron chi connectivity index (χ2n) is 5.98. The van der Waals surface area contributed by atoms with Crippen molar-refractivity contribution in [3.05, 3.63) is 52.6 Å². The number of carbonyl (C=O) groups excluding carboxylic acids is 2. The fraction of sp³-hybridized carbons (Fsp3) is 0.263. The van der Waals surface area contributed by atoms with Gasteiger partial charge in [-0.05, 0) is 5.56 Å². The zero-order valence-electron chi connectivity index (χ0n) is 14.0. The normalized spacial score (nSPS) is 16.2. The van der Waals surface area contributed by atoms with Crippen LogP contribution in [0.2, 0.25) is 0 Å². The highest BCUT2D eigenvalue weighted by molar-refractivity contribution is 5.95. The van der Waals surface area contributed by atoms with Gasteiger partial charge in [0.15, 0.2) is 12.6 Å². The van der Waals surface area contributed by atoms with Crippen molar-refractivity contribution >= 4 is 12.6 Å². The summed E-state index contributed by atoms with van der Waals surface area (Å²) in [7, 11) is 0. The minimum Gasteiger partial charge on any atom is -0.507 e. The number of phenols is 3. The lowest BCUT2D eigenvalue weighted by molar-refractivity contribution is 0.0231. The highest BCUT2D eigenvalue weighted by Crippen LogP contribution is 2.47. The summed E-state index contributed by atoms with van der Waals surface area (Å²) < 4.78 is 5.37. The van der Waals surface area contributed by atoms with E-state index in [0.717, 1.165) is 5.56 Å². The predicted octanol–water partition coefficient (Wildman–Crippen LogP) is 1.85. The molecule has 0 amide bonds.